The molecular weight excluding hydrogens is 260 g/mol. The molecule has 1 saturated heterocycles. The fourth-order valence-electron chi connectivity index (χ4n) is 3.46. The third-order valence-corrected chi connectivity index (χ3v) is 4.94. The molecule has 1 atom stereocenters. The molecule has 114 valence electrons. The molecule has 0 aromatic heterocycles. The van der Waals surface area contributed by atoms with Gasteiger partial charge in [-0.3, -0.25) is 9.69 Å². The van der Waals surface area contributed by atoms with Crippen LogP contribution in [0.3, 0.4) is 0 Å². The molecule has 1 unspecified atom stereocenters. The first-order valence-corrected chi connectivity index (χ1v) is 8.16. The van der Waals surface area contributed by atoms with Crippen LogP contribution in [0, 0.1) is 6.92 Å². The lowest BCUT2D eigenvalue weighted by atomic mass is 9.99. The van der Waals surface area contributed by atoms with Crippen LogP contribution in [0.5, 0.6) is 0 Å². The number of rotatable bonds is 4. The molecule has 0 bridgehead atoms. The normalized spacial score (nSPS) is 24.6. The molecule has 1 N–H and O–H groups in total. The summed E-state index contributed by atoms with van der Waals surface area (Å²) in [7, 11) is 2.07. The Morgan fingerprint density at radius 2 is 2.19 bits per heavy atom. The van der Waals surface area contributed by atoms with E-state index in [1.165, 1.54) is 24.0 Å². The smallest absolute Gasteiger partial charge is 0.237 e. The van der Waals surface area contributed by atoms with E-state index in [0.717, 1.165) is 32.2 Å². The van der Waals surface area contributed by atoms with Crippen molar-refractivity contribution in [2.75, 3.05) is 13.6 Å². The zero-order valence-corrected chi connectivity index (χ0v) is 13.2. The molecule has 21 heavy (non-hydrogen) atoms. The minimum Gasteiger partial charge on any atom is -0.349 e. The van der Waals surface area contributed by atoms with Crippen molar-refractivity contribution in [2.45, 2.75) is 57.0 Å². The Labute approximate surface area is 127 Å². The molecule has 1 amide bonds. The van der Waals surface area contributed by atoms with Crippen molar-refractivity contribution in [2.24, 2.45) is 0 Å². The number of piperidine rings is 1. The quantitative estimate of drug-likeness (QED) is 0.923. The fourth-order valence-corrected chi connectivity index (χ4v) is 3.46. The van der Waals surface area contributed by atoms with Crippen LogP contribution in [0.25, 0.3) is 0 Å². The van der Waals surface area contributed by atoms with Gasteiger partial charge in [0.2, 0.25) is 5.91 Å². The van der Waals surface area contributed by atoms with Gasteiger partial charge in [0.25, 0.3) is 0 Å². The van der Waals surface area contributed by atoms with E-state index in [1.54, 1.807) is 0 Å². The average Bonchev–Trinajstić information content (AvgIpc) is 3.18. The number of amides is 1. The number of likely N-dealkylation sites (N-methyl/N-ethyl adjacent to an activating group) is 1. The maximum absolute atomic E-state index is 12.6. The highest BCUT2D eigenvalue weighted by molar-refractivity contribution is 5.83. The van der Waals surface area contributed by atoms with Gasteiger partial charge < -0.3 is 5.32 Å². The van der Waals surface area contributed by atoms with E-state index in [-0.39, 0.29) is 17.5 Å². The highest BCUT2D eigenvalue weighted by Crippen LogP contribution is 2.39. The van der Waals surface area contributed by atoms with Crippen LogP contribution < -0.4 is 5.32 Å². The molecular formula is C18H26N2O. The van der Waals surface area contributed by atoms with Crippen LogP contribution >= 0.6 is 0 Å². The highest BCUT2D eigenvalue weighted by Gasteiger charge is 2.45. The molecule has 1 aliphatic carbocycles. The van der Waals surface area contributed by atoms with E-state index >= 15 is 0 Å². The van der Waals surface area contributed by atoms with Gasteiger partial charge in [0.15, 0.2) is 0 Å². The number of nitrogens with one attached hydrogen (secondary N) is 1. The number of benzene rings is 1. The molecule has 0 radical (unpaired) electrons. The molecule has 1 aliphatic heterocycles. The minimum absolute atomic E-state index is 0.0309. The van der Waals surface area contributed by atoms with E-state index in [2.05, 4.69) is 48.5 Å². The molecule has 2 aliphatic rings. The summed E-state index contributed by atoms with van der Waals surface area (Å²) in [4.78, 5) is 14.8. The highest BCUT2D eigenvalue weighted by atomic mass is 16.2. The van der Waals surface area contributed by atoms with Gasteiger partial charge in [0.1, 0.15) is 0 Å². The molecule has 3 nitrogen and oxygen atoms in total. The topological polar surface area (TPSA) is 32.3 Å². The van der Waals surface area contributed by atoms with Crippen LogP contribution in [-0.2, 0) is 11.2 Å². The molecule has 0 spiro atoms. The zero-order valence-electron chi connectivity index (χ0n) is 13.2. The van der Waals surface area contributed by atoms with E-state index in [0.29, 0.717) is 0 Å². The Balaban J connectivity index is 1.62. The summed E-state index contributed by atoms with van der Waals surface area (Å²) in [5.41, 5.74) is 2.66. The maximum atomic E-state index is 12.6. The van der Waals surface area contributed by atoms with Crippen LogP contribution in [0.1, 0.15) is 43.2 Å². The van der Waals surface area contributed by atoms with Crippen LogP contribution in [0.4, 0.5) is 0 Å². The van der Waals surface area contributed by atoms with E-state index in [4.69, 9.17) is 0 Å². The summed E-state index contributed by atoms with van der Waals surface area (Å²) in [6.45, 7) is 3.17. The second kappa shape index (κ2) is 5.80. The van der Waals surface area contributed by atoms with Crippen molar-refractivity contribution in [1.29, 1.82) is 0 Å². The number of likely N-dealkylation sites (tertiary alicyclic amines) is 1. The number of aryl methyl sites for hydroxylation is 1. The zero-order chi connectivity index (χ0) is 14.9. The van der Waals surface area contributed by atoms with Gasteiger partial charge in [-0.05, 0) is 58.2 Å². The predicted molar refractivity (Wildman–Crippen MR) is 85.3 cm³/mol. The summed E-state index contributed by atoms with van der Waals surface area (Å²) >= 11 is 0. The minimum atomic E-state index is 0.0309. The Morgan fingerprint density at radius 1 is 1.38 bits per heavy atom. The molecule has 3 rings (SSSR count). The summed E-state index contributed by atoms with van der Waals surface area (Å²) < 4.78 is 0. The maximum Gasteiger partial charge on any atom is 0.237 e. The van der Waals surface area contributed by atoms with Gasteiger partial charge in [-0.2, -0.15) is 0 Å². The first-order valence-electron chi connectivity index (χ1n) is 8.16. The van der Waals surface area contributed by atoms with Crippen molar-refractivity contribution in [3.63, 3.8) is 0 Å². The van der Waals surface area contributed by atoms with Gasteiger partial charge in [0, 0.05) is 5.54 Å². The SMILES string of the molecule is Cc1cccc(CC2(NC(=O)C3CCCCN3C)CC2)c1. The third kappa shape index (κ3) is 3.46. The monoisotopic (exact) mass is 286 g/mol. The lowest BCUT2D eigenvalue weighted by Crippen LogP contribution is -2.51. The number of carbonyl (C=O) groups is 1. The second-order valence-corrected chi connectivity index (χ2v) is 6.93. The number of hydrogen-bond donors (Lipinski definition) is 1. The van der Waals surface area contributed by atoms with Crippen molar-refractivity contribution in [3.8, 4) is 0 Å². The van der Waals surface area contributed by atoms with E-state index < -0.39 is 0 Å². The van der Waals surface area contributed by atoms with E-state index in [9.17, 15) is 4.79 Å². The summed E-state index contributed by atoms with van der Waals surface area (Å²) in [6.07, 6.45) is 6.59. The van der Waals surface area contributed by atoms with Gasteiger partial charge in [-0.15, -0.1) is 0 Å². The van der Waals surface area contributed by atoms with Gasteiger partial charge in [-0.1, -0.05) is 36.2 Å². The van der Waals surface area contributed by atoms with E-state index in [1.807, 2.05) is 0 Å². The Hall–Kier alpha value is -1.35. The van der Waals surface area contributed by atoms with Gasteiger partial charge in [-0.25, -0.2) is 0 Å². The standard InChI is InChI=1S/C18H26N2O/c1-14-6-5-7-15(12-14)13-18(9-10-18)19-17(21)16-8-3-4-11-20(16)2/h5-7,12,16H,3-4,8-11,13H2,1-2H3,(H,19,21). The Morgan fingerprint density at radius 3 is 2.86 bits per heavy atom. The number of nitrogens with zero attached hydrogens (tertiary/aromatic N) is 1. The van der Waals surface area contributed by atoms with Crippen molar-refractivity contribution < 1.29 is 4.79 Å². The molecule has 2 fully saturated rings. The van der Waals surface area contributed by atoms with Gasteiger partial charge in [0.05, 0.1) is 6.04 Å². The second-order valence-electron chi connectivity index (χ2n) is 6.93. The fraction of sp³-hybridized carbons (Fsp3) is 0.611. The molecule has 3 heteroatoms. The molecule has 1 saturated carbocycles. The molecule has 1 aromatic rings. The largest absolute Gasteiger partial charge is 0.349 e. The third-order valence-electron chi connectivity index (χ3n) is 4.94. The summed E-state index contributed by atoms with van der Waals surface area (Å²) in [5, 5.41) is 3.35. The van der Waals surface area contributed by atoms with Crippen molar-refractivity contribution in [3.05, 3.63) is 35.4 Å². The molecule has 1 aromatic carbocycles. The Bertz CT molecular complexity index is 522. The predicted octanol–water partition coefficient (Wildman–Crippen LogP) is 2.67. The average molecular weight is 286 g/mol. The number of hydrogen-bond acceptors (Lipinski definition) is 2. The van der Waals surface area contributed by atoms with Crippen LogP contribution in [0.15, 0.2) is 24.3 Å². The first kappa shape index (κ1) is 14.6. The number of carbonyl (C=O) groups excluding carboxylic acids is 1. The first-order chi connectivity index (χ1) is 10.1. The van der Waals surface area contributed by atoms with Gasteiger partial charge >= 0.3 is 0 Å². The molecule has 1 heterocycles. The Kier molecular flexibility index (Phi) is 4.03. The van der Waals surface area contributed by atoms with Crippen molar-refractivity contribution >= 4 is 5.91 Å². The van der Waals surface area contributed by atoms with Crippen LogP contribution in [0.2, 0.25) is 0 Å². The lowest BCUT2D eigenvalue weighted by molar-refractivity contribution is -0.128. The summed E-state index contributed by atoms with van der Waals surface area (Å²) in [5.74, 6) is 0.238. The van der Waals surface area contributed by atoms with Crippen LogP contribution in [-0.4, -0.2) is 36.0 Å². The van der Waals surface area contributed by atoms with Crippen molar-refractivity contribution in [1.82, 2.24) is 10.2 Å². The summed E-state index contributed by atoms with van der Waals surface area (Å²) in [6, 6.07) is 8.72. The lowest BCUT2D eigenvalue weighted by Gasteiger charge is -2.32.